The molecule has 5 rings (SSSR count). The van der Waals surface area contributed by atoms with E-state index in [-0.39, 0.29) is 34.0 Å². The summed E-state index contributed by atoms with van der Waals surface area (Å²) in [6.07, 6.45) is -1.17. The van der Waals surface area contributed by atoms with E-state index in [1.165, 1.54) is 16.8 Å². The highest BCUT2D eigenvalue weighted by atomic mass is 19.4. The number of ether oxygens (including phenoxy) is 1. The topological polar surface area (TPSA) is 89.7 Å². The van der Waals surface area contributed by atoms with Crippen molar-refractivity contribution in [3.8, 4) is 5.69 Å². The first-order chi connectivity index (χ1) is 20.6. The summed E-state index contributed by atoms with van der Waals surface area (Å²) in [6.45, 7) is 2.50. The molecule has 1 saturated heterocycles. The van der Waals surface area contributed by atoms with Crippen molar-refractivity contribution in [2.45, 2.75) is 44.4 Å². The molecule has 2 aromatic heterocycles. The number of alkyl halides is 3. The first-order valence-electron chi connectivity index (χ1n) is 13.7. The Morgan fingerprint density at radius 3 is 2.56 bits per heavy atom. The van der Waals surface area contributed by atoms with Crippen LogP contribution in [-0.4, -0.2) is 57.9 Å². The summed E-state index contributed by atoms with van der Waals surface area (Å²) in [5.41, 5.74) is -0.276. The molecule has 4 aromatic rings. The quantitative estimate of drug-likeness (QED) is 0.214. The van der Waals surface area contributed by atoms with Crippen LogP contribution >= 0.6 is 0 Å². The van der Waals surface area contributed by atoms with Crippen LogP contribution in [0.1, 0.15) is 48.3 Å². The molecule has 1 atom stereocenters. The van der Waals surface area contributed by atoms with E-state index in [2.05, 4.69) is 9.98 Å². The zero-order chi connectivity index (χ0) is 30.7. The number of fused-ring (bicyclic) bond motifs is 1. The van der Waals surface area contributed by atoms with Crippen LogP contribution < -0.4 is 5.56 Å². The summed E-state index contributed by atoms with van der Waals surface area (Å²) in [6, 6.07) is 11.8. The van der Waals surface area contributed by atoms with E-state index in [1.54, 1.807) is 61.5 Å². The molecule has 1 aliphatic heterocycles. The number of aliphatic imine (C=N–C) groups is 1. The third-order valence-corrected chi connectivity index (χ3v) is 7.45. The number of hydrogen-bond donors (Lipinski definition) is 0. The van der Waals surface area contributed by atoms with E-state index < -0.39 is 35.9 Å². The van der Waals surface area contributed by atoms with Gasteiger partial charge in [0.1, 0.15) is 11.6 Å². The number of rotatable bonds is 7. The Bertz CT molecular complexity index is 1710. The summed E-state index contributed by atoms with van der Waals surface area (Å²) in [4.78, 5) is 42.4. The zero-order valence-electron chi connectivity index (χ0n) is 23.5. The van der Waals surface area contributed by atoms with Crippen LogP contribution in [0.15, 0.2) is 70.6 Å². The molecular formula is C31H29F4N5O3. The van der Waals surface area contributed by atoms with Gasteiger partial charge in [-0.15, -0.1) is 0 Å². The predicted octanol–water partition coefficient (Wildman–Crippen LogP) is 5.30. The Hall–Kier alpha value is -4.45. The summed E-state index contributed by atoms with van der Waals surface area (Å²) < 4.78 is 61.1. The molecule has 0 radical (unpaired) electrons. The Balaban J connectivity index is 1.61. The van der Waals surface area contributed by atoms with Gasteiger partial charge in [0.15, 0.2) is 5.65 Å². The van der Waals surface area contributed by atoms with E-state index in [0.29, 0.717) is 37.8 Å². The Morgan fingerprint density at radius 1 is 1.16 bits per heavy atom. The standard InChI is InChI=1S/C31H29F4N5O3/c1-19(29-38-28-24(4-3-13-37-28)30(42)40(29)22-8-5-20(6-9-22)18-36-2)39(23-11-14-43-15-12-23)27(41)17-21-7-10-26(32)25(16-21)31(33,34)35/h3-10,13,16,18-19,23H,11-12,14-15,17H2,1-2H3/t19-/m1/s1. The highest BCUT2D eigenvalue weighted by molar-refractivity contribution is 5.81. The lowest BCUT2D eigenvalue weighted by Gasteiger charge is -2.39. The molecule has 2 aromatic carbocycles. The van der Waals surface area contributed by atoms with Crippen LogP contribution in [0.2, 0.25) is 0 Å². The molecule has 0 bridgehead atoms. The van der Waals surface area contributed by atoms with Gasteiger partial charge < -0.3 is 9.64 Å². The van der Waals surface area contributed by atoms with E-state index in [4.69, 9.17) is 9.72 Å². The smallest absolute Gasteiger partial charge is 0.381 e. The lowest BCUT2D eigenvalue weighted by Crippen LogP contribution is -2.47. The largest absolute Gasteiger partial charge is 0.419 e. The number of benzene rings is 2. The molecule has 224 valence electrons. The minimum absolute atomic E-state index is 0.0155. The predicted molar refractivity (Wildman–Crippen MR) is 153 cm³/mol. The lowest BCUT2D eigenvalue weighted by atomic mass is 10.0. The minimum atomic E-state index is -4.91. The van der Waals surface area contributed by atoms with Crippen molar-refractivity contribution < 1.29 is 27.1 Å². The number of aromatic nitrogens is 3. The van der Waals surface area contributed by atoms with E-state index in [0.717, 1.165) is 11.6 Å². The Kier molecular flexibility index (Phi) is 8.67. The van der Waals surface area contributed by atoms with Gasteiger partial charge in [-0.05, 0) is 67.3 Å². The molecule has 1 aliphatic rings. The fraction of sp³-hybridized carbons (Fsp3) is 0.323. The van der Waals surface area contributed by atoms with Crippen molar-refractivity contribution in [3.63, 3.8) is 0 Å². The third-order valence-electron chi connectivity index (χ3n) is 7.45. The molecule has 43 heavy (non-hydrogen) atoms. The average Bonchev–Trinajstić information content (AvgIpc) is 2.99. The highest BCUT2D eigenvalue weighted by Crippen LogP contribution is 2.33. The minimum Gasteiger partial charge on any atom is -0.381 e. The van der Waals surface area contributed by atoms with Crippen LogP contribution in [0.25, 0.3) is 16.7 Å². The molecular weight excluding hydrogens is 566 g/mol. The maximum atomic E-state index is 14.0. The van der Waals surface area contributed by atoms with Crippen molar-refractivity contribution in [2.75, 3.05) is 20.3 Å². The molecule has 3 heterocycles. The normalized spacial score (nSPS) is 15.2. The van der Waals surface area contributed by atoms with Crippen molar-refractivity contribution in [1.29, 1.82) is 0 Å². The number of carbonyl (C=O) groups is 1. The first kappa shape index (κ1) is 30.0. The molecule has 1 fully saturated rings. The molecule has 1 amide bonds. The second kappa shape index (κ2) is 12.4. The van der Waals surface area contributed by atoms with Gasteiger partial charge in [-0.1, -0.05) is 18.2 Å². The Morgan fingerprint density at radius 2 is 1.88 bits per heavy atom. The van der Waals surface area contributed by atoms with Crippen molar-refractivity contribution in [3.05, 3.63) is 99.5 Å². The second-order valence-electron chi connectivity index (χ2n) is 10.3. The van der Waals surface area contributed by atoms with Gasteiger partial charge in [0.05, 0.1) is 29.1 Å². The first-order valence-corrected chi connectivity index (χ1v) is 13.7. The van der Waals surface area contributed by atoms with Crippen LogP contribution in [0.5, 0.6) is 0 Å². The zero-order valence-corrected chi connectivity index (χ0v) is 23.5. The SMILES string of the molecule is CN=Cc1ccc(-n2c([C@@H](C)N(C(=O)Cc3ccc(F)c(C(F)(F)F)c3)C3CCOCC3)nc3ncccc3c2=O)cc1. The monoisotopic (exact) mass is 595 g/mol. The maximum absolute atomic E-state index is 14.0. The fourth-order valence-electron chi connectivity index (χ4n) is 5.41. The number of amides is 1. The highest BCUT2D eigenvalue weighted by Gasteiger charge is 2.36. The van der Waals surface area contributed by atoms with Crippen molar-refractivity contribution in [1.82, 2.24) is 19.4 Å². The number of pyridine rings is 1. The maximum Gasteiger partial charge on any atom is 0.419 e. The van der Waals surface area contributed by atoms with Gasteiger partial charge in [-0.25, -0.2) is 14.4 Å². The molecule has 8 nitrogen and oxygen atoms in total. The van der Waals surface area contributed by atoms with Gasteiger partial charge in [0.25, 0.3) is 5.56 Å². The average molecular weight is 596 g/mol. The molecule has 0 spiro atoms. The summed E-state index contributed by atoms with van der Waals surface area (Å²) in [7, 11) is 1.65. The Labute approximate surface area is 244 Å². The van der Waals surface area contributed by atoms with Crippen LogP contribution in [0.3, 0.4) is 0 Å². The summed E-state index contributed by atoms with van der Waals surface area (Å²) >= 11 is 0. The van der Waals surface area contributed by atoms with Crippen LogP contribution in [-0.2, 0) is 22.1 Å². The molecule has 12 heteroatoms. The van der Waals surface area contributed by atoms with Crippen molar-refractivity contribution >= 4 is 23.2 Å². The second-order valence-corrected chi connectivity index (χ2v) is 10.3. The number of nitrogens with zero attached hydrogens (tertiary/aromatic N) is 5. The van der Waals surface area contributed by atoms with E-state index in [1.807, 2.05) is 0 Å². The fourth-order valence-corrected chi connectivity index (χ4v) is 5.41. The van der Waals surface area contributed by atoms with Crippen LogP contribution in [0, 0.1) is 5.82 Å². The van der Waals surface area contributed by atoms with Crippen molar-refractivity contribution in [2.24, 2.45) is 4.99 Å². The molecule has 0 unspecified atom stereocenters. The van der Waals surface area contributed by atoms with Gasteiger partial charge in [0.2, 0.25) is 5.91 Å². The van der Waals surface area contributed by atoms with E-state index >= 15 is 0 Å². The number of carbonyl (C=O) groups excluding carboxylic acids is 1. The lowest BCUT2D eigenvalue weighted by molar-refractivity contribution is -0.141. The summed E-state index contributed by atoms with van der Waals surface area (Å²) in [5, 5.41) is 0.285. The van der Waals surface area contributed by atoms with Gasteiger partial charge in [-0.2, -0.15) is 13.2 Å². The third kappa shape index (κ3) is 6.34. The molecule has 0 aliphatic carbocycles. The number of halogens is 4. The van der Waals surface area contributed by atoms with E-state index in [9.17, 15) is 27.2 Å². The van der Waals surface area contributed by atoms with Gasteiger partial charge in [0, 0.05) is 38.7 Å². The van der Waals surface area contributed by atoms with Gasteiger partial charge >= 0.3 is 6.18 Å². The molecule has 0 saturated carbocycles. The molecule has 0 N–H and O–H groups in total. The summed E-state index contributed by atoms with van der Waals surface area (Å²) in [5.74, 6) is -1.66. The van der Waals surface area contributed by atoms with Crippen LogP contribution in [0.4, 0.5) is 17.6 Å². The number of hydrogen-bond acceptors (Lipinski definition) is 6. The van der Waals surface area contributed by atoms with Gasteiger partial charge in [-0.3, -0.25) is 19.1 Å².